The Labute approximate surface area is 117 Å². The third kappa shape index (κ3) is 1.96. The summed E-state index contributed by atoms with van der Waals surface area (Å²) < 4.78 is 9.79. The zero-order valence-corrected chi connectivity index (χ0v) is 12.3. The molecule has 0 saturated heterocycles. The van der Waals surface area contributed by atoms with Crippen molar-refractivity contribution >= 4 is 22.8 Å². The average Bonchev–Trinajstić information content (AvgIpc) is 2.83. The molecule has 5 nitrogen and oxygen atoms in total. The monoisotopic (exact) mass is 282 g/mol. The minimum atomic E-state index is 0.380. The lowest BCUT2D eigenvalue weighted by Gasteiger charge is -2.36. The van der Waals surface area contributed by atoms with E-state index in [9.17, 15) is 0 Å². The van der Waals surface area contributed by atoms with Gasteiger partial charge in [-0.3, -0.25) is 4.68 Å². The summed E-state index contributed by atoms with van der Waals surface area (Å²) in [6.07, 6.45) is 2.45. The molecule has 1 aliphatic rings. The molecule has 1 saturated carbocycles. The van der Waals surface area contributed by atoms with Crippen molar-refractivity contribution in [2.24, 2.45) is 7.05 Å². The maximum Gasteiger partial charge on any atom is 0.158 e. The van der Waals surface area contributed by atoms with Crippen molar-refractivity contribution in [2.45, 2.75) is 44.7 Å². The first-order chi connectivity index (χ1) is 9.15. The zero-order chi connectivity index (χ0) is 13.6. The van der Waals surface area contributed by atoms with Crippen LogP contribution in [0.3, 0.4) is 0 Å². The molecule has 0 aromatic carbocycles. The summed E-state index contributed by atoms with van der Waals surface area (Å²) in [4.78, 5) is 4.63. The molecule has 0 radical (unpaired) electrons. The second kappa shape index (κ2) is 4.80. The summed E-state index contributed by atoms with van der Waals surface area (Å²) in [6, 6.07) is 0.435. The maximum atomic E-state index is 6.04. The fourth-order valence-electron chi connectivity index (χ4n) is 2.94. The van der Waals surface area contributed by atoms with Crippen LogP contribution in [0.1, 0.15) is 37.3 Å². The molecule has 0 bridgehead atoms. The van der Waals surface area contributed by atoms with Gasteiger partial charge in [0.2, 0.25) is 0 Å². The minimum absolute atomic E-state index is 0.380. The van der Waals surface area contributed by atoms with Gasteiger partial charge < -0.3 is 9.30 Å². The predicted molar refractivity (Wildman–Crippen MR) is 74.5 cm³/mol. The summed E-state index contributed by atoms with van der Waals surface area (Å²) in [5, 5.41) is 4.44. The Balaban J connectivity index is 1.98. The van der Waals surface area contributed by atoms with E-state index >= 15 is 0 Å². The molecule has 0 spiro atoms. The molecule has 3 rings (SSSR count). The quantitative estimate of drug-likeness (QED) is 0.810. The standard InChI is InChI=1S/C13H19ClN4O/c1-4-19-10-5-9(6-10)18-11(7-14)15-12-8(2)16-17(3)13(12)18/h9-10H,4-7H2,1-3H3. The fraction of sp³-hybridized carbons (Fsp3) is 0.692. The number of nitrogens with zero attached hydrogens (tertiary/aromatic N) is 4. The highest BCUT2D eigenvalue weighted by Crippen LogP contribution is 2.38. The van der Waals surface area contributed by atoms with Gasteiger partial charge in [-0.05, 0) is 26.7 Å². The van der Waals surface area contributed by atoms with Gasteiger partial charge in [0, 0.05) is 19.7 Å². The first kappa shape index (κ1) is 12.9. The Kier molecular flexibility index (Phi) is 3.27. The van der Waals surface area contributed by atoms with Crippen LogP contribution in [-0.2, 0) is 17.7 Å². The molecule has 2 aromatic heterocycles. The van der Waals surface area contributed by atoms with Crippen LogP contribution >= 0.6 is 11.6 Å². The molecule has 104 valence electrons. The highest BCUT2D eigenvalue weighted by atomic mass is 35.5. The fourth-order valence-corrected chi connectivity index (χ4v) is 3.13. The molecule has 1 aliphatic carbocycles. The molecular weight excluding hydrogens is 264 g/mol. The lowest BCUT2D eigenvalue weighted by atomic mass is 9.89. The van der Waals surface area contributed by atoms with Crippen LogP contribution in [0.5, 0.6) is 0 Å². The van der Waals surface area contributed by atoms with E-state index in [4.69, 9.17) is 16.3 Å². The Hall–Kier alpha value is -1.07. The molecule has 0 unspecified atom stereocenters. The van der Waals surface area contributed by atoms with Crippen LogP contribution in [0.15, 0.2) is 0 Å². The number of hydrogen-bond acceptors (Lipinski definition) is 3. The van der Waals surface area contributed by atoms with E-state index in [1.165, 1.54) is 0 Å². The van der Waals surface area contributed by atoms with Crippen LogP contribution in [0.4, 0.5) is 0 Å². The van der Waals surface area contributed by atoms with Crippen molar-refractivity contribution in [3.63, 3.8) is 0 Å². The Morgan fingerprint density at radius 2 is 2.16 bits per heavy atom. The number of fused-ring (bicyclic) bond motifs is 1. The third-order valence-electron chi connectivity index (χ3n) is 3.87. The van der Waals surface area contributed by atoms with Crippen molar-refractivity contribution < 1.29 is 4.74 Å². The number of ether oxygens (including phenoxy) is 1. The van der Waals surface area contributed by atoms with Crippen LogP contribution in [-0.4, -0.2) is 32.0 Å². The number of alkyl halides is 1. The number of halogens is 1. The van der Waals surface area contributed by atoms with E-state index in [0.717, 1.165) is 42.1 Å². The van der Waals surface area contributed by atoms with Gasteiger partial charge in [0.05, 0.1) is 17.7 Å². The SMILES string of the molecule is CCOC1CC(n2c(CCl)nc3c(C)nn(C)c32)C1. The van der Waals surface area contributed by atoms with Crippen molar-refractivity contribution in [3.05, 3.63) is 11.5 Å². The molecule has 0 aliphatic heterocycles. The Morgan fingerprint density at radius 3 is 2.79 bits per heavy atom. The van der Waals surface area contributed by atoms with Gasteiger partial charge in [0.15, 0.2) is 5.65 Å². The highest BCUT2D eigenvalue weighted by molar-refractivity contribution is 6.16. The molecule has 0 amide bonds. The lowest BCUT2D eigenvalue weighted by Crippen LogP contribution is -2.34. The van der Waals surface area contributed by atoms with E-state index in [-0.39, 0.29) is 0 Å². The molecular formula is C13H19ClN4O. The van der Waals surface area contributed by atoms with Gasteiger partial charge in [-0.25, -0.2) is 4.98 Å². The predicted octanol–water partition coefficient (Wildman–Crippen LogP) is 2.56. The summed E-state index contributed by atoms with van der Waals surface area (Å²) in [7, 11) is 1.96. The average molecular weight is 283 g/mol. The van der Waals surface area contributed by atoms with Crippen molar-refractivity contribution in [1.29, 1.82) is 0 Å². The Bertz CT molecular complexity index is 597. The van der Waals surface area contributed by atoms with E-state index in [1.807, 2.05) is 25.6 Å². The minimum Gasteiger partial charge on any atom is -0.378 e. The molecule has 19 heavy (non-hydrogen) atoms. The zero-order valence-electron chi connectivity index (χ0n) is 11.6. The molecule has 0 atom stereocenters. The van der Waals surface area contributed by atoms with Crippen molar-refractivity contribution in [3.8, 4) is 0 Å². The first-order valence-corrected chi connectivity index (χ1v) is 7.27. The second-order valence-corrected chi connectivity index (χ2v) is 5.38. The van der Waals surface area contributed by atoms with Crippen molar-refractivity contribution in [2.75, 3.05) is 6.61 Å². The van der Waals surface area contributed by atoms with Gasteiger partial charge in [-0.15, -0.1) is 11.6 Å². The number of rotatable bonds is 4. The van der Waals surface area contributed by atoms with Gasteiger partial charge in [0.1, 0.15) is 11.3 Å². The normalized spacial score (nSPS) is 22.9. The summed E-state index contributed by atoms with van der Waals surface area (Å²) in [6.45, 7) is 4.81. The third-order valence-corrected chi connectivity index (χ3v) is 4.10. The van der Waals surface area contributed by atoms with Gasteiger partial charge in [-0.2, -0.15) is 5.10 Å². The molecule has 1 fully saturated rings. The van der Waals surface area contributed by atoms with Crippen molar-refractivity contribution in [1.82, 2.24) is 19.3 Å². The van der Waals surface area contributed by atoms with E-state index in [0.29, 0.717) is 18.0 Å². The molecule has 2 aromatic rings. The van der Waals surface area contributed by atoms with Crippen LogP contribution in [0, 0.1) is 6.92 Å². The van der Waals surface area contributed by atoms with Gasteiger partial charge in [0.25, 0.3) is 0 Å². The lowest BCUT2D eigenvalue weighted by molar-refractivity contribution is -0.0194. The highest BCUT2D eigenvalue weighted by Gasteiger charge is 2.34. The number of imidazole rings is 1. The summed E-state index contributed by atoms with van der Waals surface area (Å²) >= 11 is 6.04. The molecule has 2 heterocycles. The largest absolute Gasteiger partial charge is 0.378 e. The first-order valence-electron chi connectivity index (χ1n) is 6.73. The van der Waals surface area contributed by atoms with E-state index in [2.05, 4.69) is 14.6 Å². The van der Waals surface area contributed by atoms with Gasteiger partial charge >= 0.3 is 0 Å². The number of hydrogen-bond donors (Lipinski definition) is 0. The van der Waals surface area contributed by atoms with Crippen LogP contribution < -0.4 is 0 Å². The second-order valence-electron chi connectivity index (χ2n) is 5.12. The molecule has 6 heteroatoms. The van der Waals surface area contributed by atoms with Crippen LogP contribution in [0.2, 0.25) is 0 Å². The summed E-state index contributed by atoms with van der Waals surface area (Å²) in [5.74, 6) is 1.37. The van der Waals surface area contributed by atoms with E-state index in [1.54, 1.807) is 0 Å². The summed E-state index contributed by atoms with van der Waals surface area (Å²) in [5.41, 5.74) is 3.01. The smallest absolute Gasteiger partial charge is 0.158 e. The number of aryl methyl sites for hydroxylation is 2. The number of aromatic nitrogens is 4. The van der Waals surface area contributed by atoms with Gasteiger partial charge in [-0.1, -0.05) is 0 Å². The van der Waals surface area contributed by atoms with Crippen LogP contribution in [0.25, 0.3) is 11.2 Å². The van der Waals surface area contributed by atoms with E-state index < -0.39 is 0 Å². The Morgan fingerprint density at radius 1 is 1.42 bits per heavy atom. The maximum absolute atomic E-state index is 6.04. The topological polar surface area (TPSA) is 44.9 Å². The molecule has 0 N–H and O–H groups in total.